The van der Waals surface area contributed by atoms with Crippen LogP contribution in [0.25, 0.3) is 21.9 Å². The molecule has 0 radical (unpaired) electrons. The normalized spacial score (nSPS) is 10.9. The minimum absolute atomic E-state index is 0.437. The van der Waals surface area contributed by atoms with Crippen LogP contribution in [0.15, 0.2) is 30.5 Å². The maximum atomic E-state index is 5.17. The second-order valence-electron chi connectivity index (χ2n) is 3.67. The van der Waals surface area contributed by atoms with Gasteiger partial charge in [0, 0.05) is 23.0 Å². The predicted octanol–water partition coefficient (Wildman–Crippen LogP) is 2.85. The highest BCUT2D eigenvalue weighted by molar-refractivity contribution is 7.71. The molecule has 3 rings (SSSR count). The number of fused-ring (bicyclic) bond motifs is 2. The van der Waals surface area contributed by atoms with E-state index in [0.717, 1.165) is 27.7 Å². The molecule has 2 aromatic heterocycles. The number of nitrogens with zero attached hydrogens (tertiary/aromatic N) is 2. The second kappa shape index (κ2) is 3.78. The summed E-state index contributed by atoms with van der Waals surface area (Å²) in [5.74, 6) is 0.789. The van der Waals surface area contributed by atoms with Crippen LogP contribution in [-0.2, 0) is 0 Å². The number of H-pyrrole nitrogens is 1. The first kappa shape index (κ1) is 10.2. The first-order chi connectivity index (χ1) is 8.26. The second-order valence-corrected chi connectivity index (χ2v) is 4.06. The molecule has 84 valence electrons. The Balaban J connectivity index is 2.39. The lowest BCUT2D eigenvalue weighted by molar-refractivity contribution is 0.415. The van der Waals surface area contributed by atoms with Crippen LogP contribution >= 0.6 is 12.2 Å². The van der Waals surface area contributed by atoms with Crippen molar-refractivity contribution in [3.63, 3.8) is 0 Å². The number of aromatic nitrogens is 3. The van der Waals surface area contributed by atoms with Gasteiger partial charge in [-0.3, -0.25) is 0 Å². The zero-order chi connectivity index (χ0) is 11.8. The van der Waals surface area contributed by atoms with Gasteiger partial charge in [-0.2, -0.15) is 0 Å². The van der Waals surface area contributed by atoms with Gasteiger partial charge in [0.15, 0.2) is 4.77 Å². The average molecular weight is 243 g/mol. The van der Waals surface area contributed by atoms with E-state index in [2.05, 4.69) is 15.0 Å². The van der Waals surface area contributed by atoms with Gasteiger partial charge in [0.1, 0.15) is 11.4 Å². The number of hydrogen-bond acceptors (Lipinski definition) is 4. The van der Waals surface area contributed by atoms with Gasteiger partial charge in [-0.25, -0.2) is 9.97 Å². The Labute approximate surface area is 102 Å². The number of rotatable bonds is 1. The van der Waals surface area contributed by atoms with Gasteiger partial charge in [-0.15, -0.1) is 0 Å². The predicted molar refractivity (Wildman–Crippen MR) is 68.8 cm³/mol. The Hall–Kier alpha value is -2.01. The Kier molecular flexibility index (Phi) is 2.26. The summed E-state index contributed by atoms with van der Waals surface area (Å²) >= 11 is 4.98. The van der Waals surface area contributed by atoms with E-state index in [-0.39, 0.29) is 0 Å². The highest BCUT2D eigenvalue weighted by Crippen LogP contribution is 2.22. The van der Waals surface area contributed by atoms with Crippen molar-refractivity contribution in [2.24, 2.45) is 0 Å². The smallest absolute Gasteiger partial charge is 0.198 e. The number of nitrogens with one attached hydrogen (secondary N) is 1. The fourth-order valence-corrected chi connectivity index (χ4v) is 1.90. The fraction of sp³-hybridized carbons (Fsp3) is 0.0833. The van der Waals surface area contributed by atoms with Gasteiger partial charge in [0.2, 0.25) is 0 Å². The number of benzene rings is 1. The van der Waals surface area contributed by atoms with Crippen LogP contribution in [0.5, 0.6) is 5.75 Å². The molecular formula is C12H9N3OS. The molecule has 0 unspecified atom stereocenters. The van der Waals surface area contributed by atoms with Crippen molar-refractivity contribution in [2.45, 2.75) is 0 Å². The van der Waals surface area contributed by atoms with E-state index in [1.54, 1.807) is 13.3 Å². The van der Waals surface area contributed by atoms with Gasteiger partial charge >= 0.3 is 0 Å². The summed E-state index contributed by atoms with van der Waals surface area (Å²) in [6, 6.07) is 7.80. The Morgan fingerprint density at radius 3 is 2.94 bits per heavy atom. The Morgan fingerprint density at radius 2 is 2.12 bits per heavy atom. The molecule has 2 heterocycles. The first-order valence-electron chi connectivity index (χ1n) is 5.10. The summed E-state index contributed by atoms with van der Waals surface area (Å²) in [7, 11) is 1.64. The summed E-state index contributed by atoms with van der Waals surface area (Å²) in [5, 5.41) is 1.99. The lowest BCUT2D eigenvalue weighted by atomic mass is 10.2. The molecule has 0 spiro atoms. The number of pyridine rings is 1. The molecule has 0 aliphatic heterocycles. The highest BCUT2D eigenvalue weighted by Gasteiger charge is 2.01. The van der Waals surface area contributed by atoms with Crippen molar-refractivity contribution in [3.05, 3.63) is 35.2 Å². The van der Waals surface area contributed by atoms with Crippen LogP contribution < -0.4 is 4.74 Å². The molecule has 1 N–H and O–H groups in total. The van der Waals surface area contributed by atoms with E-state index < -0.39 is 0 Å². The van der Waals surface area contributed by atoms with Gasteiger partial charge in [-0.05, 0) is 30.4 Å². The van der Waals surface area contributed by atoms with Gasteiger partial charge in [0.25, 0.3) is 0 Å². The molecule has 0 saturated carbocycles. The molecule has 17 heavy (non-hydrogen) atoms. The van der Waals surface area contributed by atoms with Crippen LogP contribution in [0.2, 0.25) is 0 Å². The molecule has 0 aliphatic rings. The van der Waals surface area contributed by atoms with Crippen LogP contribution in [0, 0.1) is 4.77 Å². The van der Waals surface area contributed by atoms with Crippen LogP contribution in [0.1, 0.15) is 0 Å². The molecule has 0 amide bonds. The van der Waals surface area contributed by atoms with Gasteiger partial charge in [-0.1, -0.05) is 0 Å². The van der Waals surface area contributed by atoms with E-state index in [4.69, 9.17) is 17.0 Å². The molecular weight excluding hydrogens is 234 g/mol. The van der Waals surface area contributed by atoms with Crippen molar-refractivity contribution < 1.29 is 4.74 Å². The quantitative estimate of drug-likeness (QED) is 0.527. The minimum atomic E-state index is 0.437. The van der Waals surface area contributed by atoms with Gasteiger partial charge < -0.3 is 9.72 Å². The molecule has 5 heteroatoms. The molecule has 0 fully saturated rings. The lowest BCUT2D eigenvalue weighted by Crippen LogP contribution is -1.89. The monoisotopic (exact) mass is 243 g/mol. The summed E-state index contributed by atoms with van der Waals surface area (Å²) in [4.78, 5) is 11.5. The molecule has 0 bridgehead atoms. The third-order valence-electron chi connectivity index (χ3n) is 2.60. The minimum Gasteiger partial charge on any atom is -0.497 e. The maximum absolute atomic E-state index is 5.17. The summed E-state index contributed by atoms with van der Waals surface area (Å²) < 4.78 is 5.61. The maximum Gasteiger partial charge on any atom is 0.198 e. The molecule has 0 saturated heterocycles. The molecule has 3 aromatic rings. The van der Waals surface area contributed by atoms with Crippen LogP contribution in [-0.4, -0.2) is 22.1 Å². The standard InChI is InChI=1S/C12H9N3OS/c1-16-9-3-2-7-4-8-6-13-12(17)15-11(8)14-10(7)5-9/h2-6H,1H3,(H,13,14,15,17). The SMILES string of the molecule is COc1ccc2cc3cnc(=S)[nH]c3nc2c1. The van der Waals surface area contributed by atoms with Crippen LogP contribution in [0.3, 0.4) is 0 Å². The van der Waals surface area contributed by atoms with Crippen molar-refractivity contribution in [2.75, 3.05) is 7.11 Å². The van der Waals surface area contributed by atoms with Crippen molar-refractivity contribution >= 4 is 34.2 Å². The van der Waals surface area contributed by atoms with Gasteiger partial charge in [0.05, 0.1) is 12.6 Å². The van der Waals surface area contributed by atoms with E-state index in [1.165, 1.54) is 0 Å². The van der Waals surface area contributed by atoms with E-state index in [1.807, 2.05) is 24.3 Å². The molecule has 0 aliphatic carbocycles. The fourth-order valence-electron chi connectivity index (χ4n) is 1.75. The number of aromatic amines is 1. The Bertz CT molecular complexity index is 766. The van der Waals surface area contributed by atoms with Crippen molar-refractivity contribution in [1.29, 1.82) is 0 Å². The zero-order valence-electron chi connectivity index (χ0n) is 9.10. The largest absolute Gasteiger partial charge is 0.497 e. The summed E-state index contributed by atoms with van der Waals surface area (Å²) in [6.45, 7) is 0. The number of hydrogen-bond donors (Lipinski definition) is 1. The average Bonchev–Trinajstić information content (AvgIpc) is 2.35. The molecule has 0 atom stereocenters. The topological polar surface area (TPSA) is 50.8 Å². The first-order valence-corrected chi connectivity index (χ1v) is 5.51. The van der Waals surface area contributed by atoms with E-state index in [9.17, 15) is 0 Å². The third-order valence-corrected chi connectivity index (χ3v) is 2.81. The highest BCUT2D eigenvalue weighted by atomic mass is 32.1. The number of ether oxygens (including phenoxy) is 1. The van der Waals surface area contributed by atoms with Crippen LogP contribution in [0.4, 0.5) is 0 Å². The Morgan fingerprint density at radius 1 is 1.24 bits per heavy atom. The zero-order valence-corrected chi connectivity index (χ0v) is 9.91. The molecule has 1 aromatic carbocycles. The van der Waals surface area contributed by atoms with E-state index >= 15 is 0 Å². The van der Waals surface area contributed by atoms with Crippen molar-refractivity contribution in [1.82, 2.24) is 15.0 Å². The summed E-state index contributed by atoms with van der Waals surface area (Å²) in [6.07, 6.45) is 1.73. The third kappa shape index (κ3) is 1.74. The number of methoxy groups -OCH3 is 1. The lowest BCUT2D eigenvalue weighted by Gasteiger charge is -2.03. The van der Waals surface area contributed by atoms with Crippen molar-refractivity contribution in [3.8, 4) is 5.75 Å². The summed E-state index contributed by atoms with van der Waals surface area (Å²) in [5.41, 5.74) is 1.61. The van der Waals surface area contributed by atoms with E-state index in [0.29, 0.717) is 4.77 Å². The molecule has 4 nitrogen and oxygen atoms in total.